The number of nitrogens with one attached hydrogen (secondary N) is 1. The van der Waals surface area contributed by atoms with Gasteiger partial charge < -0.3 is 15.0 Å². The first-order valence-corrected chi connectivity index (χ1v) is 11.7. The third kappa shape index (κ3) is 4.14. The summed E-state index contributed by atoms with van der Waals surface area (Å²) in [4.78, 5) is 39.5. The Kier molecular flexibility index (Phi) is 6.09. The van der Waals surface area contributed by atoms with E-state index in [2.05, 4.69) is 14.8 Å². The second-order valence-electron chi connectivity index (χ2n) is 8.84. The van der Waals surface area contributed by atoms with Crippen LogP contribution in [0.25, 0.3) is 32.7 Å². The quantitative estimate of drug-likeness (QED) is 0.235. The number of aromatic hydroxyl groups is 1. The molecule has 7 nitrogen and oxygen atoms in total. The van der Waals surface area contributed by atoms with E-state index in [1.54, 1.807) is 41.6 Å². The van der Waals surface area contributed by atoms with Gasteiger partial charge >= 0.3 is 0 Å². The molecule has 5 rings (SSSR count). The van der Waals surface area contributed by atoms with Gasteiger partial charge in [-0.2, -0.15) is 0 Å². The van der Waals surface area contributed by atoms with E-state index >= 15 is 0 Å². The molecule has 0 spiro atoms. The molecule has 1 aliphatic heterocycles. The minimum Gasteiger partial charge on any atom is -0.508 e. The molecular formula is C29H24N4O3. The van der Waals surface area contributed by atoms with Gasteiger partial charge in [0.15, 0.2) is 5.70 Å². The van der Waals surface area contributed by atoms with Crippen LogP contribution in [-0.4, -0.2) is 44.8 Å². The SMILES string of the molecule is [C-]#[N+]C(=C1CCN(C(=O)C(=O)c2c[nH]c3c(-c4ccc(O)cc4)ncc(C)c23)CC1)c1ccccc1. The maximum Gasteiger partial charge on any atom is 0.295 e. The van der Waals surface area contributed by atoms with Crippen molar-refractivity contribution in [3.05, 3.63) is 101 Å². The Bertz CT molecular complexity index is 1530. The van der Waals surface area contributed by atoms with Gasteiger partial charge in [-0.15, -0.1) is 0 Å². The van der Waals surface area contributed by atoms with E-state index in [1.807, 2.05) is 37.3 Å². The number of rotatable bonds is 4. The fraction of sp³-hybridized carbons (Fsp3) is 0.172. The second-order valence-corrected chi connectivity index (χ2v) is 8.84. The largest absolute Gasteiger partial charge is 0.508 e. The van der Waals surface area contributed by atoms with Crippen molar-refractivity contribution >= 4 is 28.3 Å². The number of phenolic OH excluding ortho intramolecular Hbond substituents is 1. The van der Waals surface area contributed by atoms with Gasteiger partial charge in [-0.3, -0.25) is 14.6 Å². The zero-order chi connectivity index (χ0) is 25.2. The fourth-order valence-electron chi connectivity index (χ4n) is 4.75. The Morgan fingerprint density at radius 2 is 1.75 bits per heavy atom. The Morgan fingerprint density at radius 3 is 2.42 bits per heavy atom. The Hall–Kier alpha value is -4.70. The first-order chi connectivity index (χ1) is 17.5. The number of likely N-dealkylation sites (tertiary alicyclic amines) is 1. The van der Waals surface area contributed by atoms with E-state index in [0.717, 1.165) is 22.3 Å². The molecule has 2 aromatic heterocycles. The number of aromatic nitrogens is 2. The van der Waals surface area contributed by atoms with E-state index in [4.69, 9.17) is 6.57 Å². The molecular weight excluding hydrogens is 452 g/mol. The van der Waals surface area contributed by atoms with Crippen molar-refractivity contribution in [2.45, 2.75) is 19.8 Å². The fourth-order valence-corrected chi connectivity index (χ4v) is 4.75. The minimum atomic E-state index is -0.562. The number of ketones is 1. The van der Waals surface area contributed by atoms with Gasteiger partial charge in [-0.1, -0.05) is 35.9 Å². The maximum atomic E-state index is 13.3. The number of piperidine rings is 1. The molecule has 178 valence electrons. The molecule has 0 saturated carbocycles. The van der Waals surface area contributed by atoms with Crippen LogP contribution in [0.15, 0.2) is 72.6 Å². The number of Topliss-reactive ketones (excluding diaryl/α,β-unsaturated/α-hetero) is 1. The molecule has 0 radical (unpaired) electrons. The van der Waals surface area contributed by atoms with Gasteiger partial charge in [-0.05, 0) is 55.2 Å². The summed E-state index contributed by atoms with van der Waals surface area (Å²) >= 11 is 0. The number of benzene rings is 2. The molecule has 3 heterocycles. The number of carbonyl (C=O) groups excluding carboxylic acids is 2. The number of fused-ring (bicyclic) bond motifs is 1. The molecule has 0 aliphatic carbocycles. The van der Waals surface area contributed by atoms with E-state index in [0.29, 0.717) is 53.8 Å². The highest BCUT2D eigenvalue weighted by Gasteiger charge is 2.29. The van der Waals surface area contributed by atoms with Crippen molar-refractivity contribution in [1.29, 1.82) is 0 Å². The van der Waals surface area contributed by atoms with Crippen molar-refractivity contribution in [3.8, 4) is 17.0 Å². The third-order valence-corrected chi connectivity index (χ3v) is 6.63. The van der Waals surface area contributed by atoms with E-state index < -0.39 is 11.7 Å². The summed E-state index contributed by atoms with van der Waals surface area (Å²) in [6, 6.07) is 16.2. The van der Waals surface area contributed by atoms with E-state index in [-0.39, 0.29) is 5.75 Å². The second kappa shape index (κ2) is 9.51. The lowest BCUT2D eigenvalue weighted by atomic mass is 9.97. The van der Waals surface area contributed by atoms with Crippen LogP contribution in [-0.2, 0) is 4.79 Å². The summed E-state index contributed by atoms with van der Waals surface area (Å²) in [5.74, 6) is -0.948. The monoisotopic (exact) mass is 476 g/mol. The minimum absolute atomic E-state index is 0.155. The number of pyridine rings is 1. The number of phenols is 1. The molecule has 2 aromatic carbocycles. The van der Waals surface area contributed by atoms with Gasteiger partial charge in [0.05, 0.1) is 23.3 Å². The van der Waals surface area contributed by atoms with Gasteiger partial charge in [0.1, 0.15) is 5.75 Å². The number of carbonyl (C=O) groups is 2. The van der Waals surface area contributed by atoms with Crippen LogP contribution < -0.4 is 0 Å². The van der Waals surface area contributed by atoms with Crippen molar-refractivity contribution < 1.29 is 14.7 Å². The number of H-pyrrole nitrogens is 1. The van der Waals surface area contributed by atoms with Crippen LogP contribution in [0.4, 0.5) is 0 Å². The summed E-state index contributed by atoms with van der Waals surface area (Å²) in [7, 11) is 0. The average Bonchev–Trinajstić information content (AvgIpc) is 3.36. The molecule has 36 heavy (non-hydrogen) atoms. The molecule has 0 atom stereocenters. The molecule has 1 amide bonds. The van der Waals surface area contributed by atoms with Crippen molar-refractivity contribution in [1.82, 2.24) is 14.9 Å². The summed E-state index contributed by atoms with van der Waals surface area (Å²) in [6.45, 7) is 10.3. The Labute approximate surface area is 208 Å². The zero-order valence-electron chi connectivity index (χ0n) is 19.8. The number of amides is 1. The van der Waals surface area contributed by atoms with Crippen molar-refractivity contribution in [3.63, 3.8) is 0 Å². The van der Waals surface area contributed by atoms with Crippen LogP contribution in [0.1, 0.15) is 34.3 Å². The molecule has 2 N–H and O–H groups in total. The molecule has 1 aliphatic rings. The predicted octanol–water partition coefficient (Wildman–Crippen LogP) is 5.38. The highest BCUT2D eigenvalue weighted by Crippen LogP contribution is 2.32. The van der Waals surface area contributed by atoms with Crippen LogP contribution in [0.5, 0.6) is 5.75 Å². The van der Waals surface area contributed by atoms with E-state index in [1.165, 1.54) is 0 Å². The van der Waals surface area contributed by atoms with Gasteiger partial charge in [-0.25, -0.2) is 4.85 Å². The van der Waals surface area contributed by atoms with Crippen LogP contribution in [0.2, 0.25) is 0 Å². The molecule has 0 unspecified atom stereocenters. The smallest absolute Gasteiger partial charge is 0.295 e. The summed E-state index contributed by atoms with van der Waals surface area (Å²) in [5, 5.41) is 10.3. The van der Waals surface area contributed by atoms with E-state index in [9.17, 15) is 14.7 Å². The van der Waals surface area contributed by atoms with Crippen LogP contribution in [0.3, 0.4) is 0 Å². The number of hydrogen-bond acceptors (Lipinski definition) is 4. The third-order valence-electron chi connectivity index (χ3n) is 6.63. The Balaban J connectivity index is 1.39. The van der Waals surface area contributed by atoms with Gasteiger partial charge in [0.25, 0.3) is 11.7 Å². The lowest BCUT2D eigenvalue weighted by molar-refractivity contribution is -0.126. The summed E-state index contributed by atoms with van der Waals surface area (Å²) in [5.41, 5.74) is 5.74. The highest BCUT2D eigenvalue weighted by molar-refractivity contribution is 6.45. The maximum absolute atomic E-state index is 13.3. The molecule has 4 aromatic rings. The summed E-state index contributed by atoms with van der Waals surface area (Å²) in [6.07, 6.45) is 4.39. The lowest BCUT2D eigenvalue weighted by Crippen LogP contribution is -2.40. The predicted molar refractivity (Wildman–Crippen MR) is 138 cm³/mol. The van der Waals surface area contributed by atoms with Crippen molar-refractivity contribution in [2.75, 3.05) is 13.1 Å². The standard InChI is InChI=1S/C29H24N4O3/c1-18-16-31-26(20-8-10-22(34)11-9-20)27-24(18)23(17-32-27)28(35)29(36)33-14-12-21(13-15-33)25(30-2)19-6-4-3-5-7-19/h3-11,16-17,32,34H,12-15H2,1H3. The van der Waals surface area contributed by atoms with Crippen LogP contribution >= 0.6 is 0 Å². The first kappa shape index (κ1) is 23.1. The zero-order valence-corrected chi connectivity index (χ0v) is 19.8. The Morgan fingerprint density at radius 1 is 1.06 bits per heavy atom. The number of aryl methyl sites for hydroxylation is 1. The lowest BCUT2D eigenvalue weighted by Gasteiger charge is -2.28. The molecule has 1 saturated heterocycles. The number of nitrogens with zero attached hydrogens (tertiary/aromatic N) is 3. The topological polar surface area (TPSA) is 90.7 Å². The summed E-state index contributed by atoms with van der Waals surface area (Å²) < 4.78 is 0. The highest BCUT2D eigenvalue weighted by atomic mass is 16.3. The van der Waals surface area contributed by atoms with Gasteiger partial charge in [0, 0.05) is 36.4 Å². The average molecular weight is 477 g/mol. The molecule has 7 heteroatoms. The molecule has 0 bridgehead atoms. The number of hydrogen-bond donors (Lipinski definition) is 2. The van der Waals surface area contributed by atoms with Crippen LogP contribution in [0, 0.1) is 13.5 Å². The first-order valence-electron chi connectivity index (χ1n) is 11.7. The molecule has 1 fully saturated rings. The number of aromatic amines is 1. The van der Waals surface area contributed by atoms with Crippen molar-refractivity contribution in [2.24, 2.45) is 0 Å². The normalized spacial score (nSPS) is 13.4. The van der Waals surface area contributed by atoms with Gasteiger partial charge in [0.2, 0.25) is 0 Å².